The molecule has 3 aromatic carbocycles. The van der Waals surface area contributed by atoms with Crippen LogP contribution >= 0.6 is 0 Å². The Hall–Kier alpha value is -4.28. The third kappa shape index (κ3) is 4.60. The summed E-state index contributed by atoms with van der Waals surface area (Å²) in [5, 5.41) is 4.66. The van der Waals surface area contributed by atoms with E-state index in [2.05, 4.69) is 102 Å². The van der Waals surface area contributed by atoms with Crippen LogP contribution in [0.15, 0.2) is 77.7 Å². The minimum Gasteiger partial charge on any atom is -0.455 e. The van der Waals surface area contributed by atoms with Crippen molar-refractivity contribution in [2.45, 2.75) is 60.8 Å². The van der Waals surface area contributed by atoms with Crippen molar-refractivity contribution < 1.29 is 9.89 Å². The first-order valence-electron chi connectivity index (χ1n) is 15.3. The Labute approximate surface area is 249 Å². The summed E-state index contributed by atoms with van der Waals surface area (Å²) >= 11 is 0. The molecule has 3 N–H and O–H groups in total. The third-order valence-corrected chi connectivity index (χ3v) is 7.90. The number of benzene rings is 3. The van der Waals surface area contributed by atoms with Crippen molar-refractivity contribution in [1.82, 2.24) is 9.55 Å². The summed E-state index contributed by atoms with van der Waals surface area (Å²) in [6.45, 7) is 18.2. The molecular formula is C38H44N2O2. The molecule has 0 amide bonds. The van der Waals surface area contributed by atoms with Gasteiger partial charge in [-0.25, -0.2) is 0 Å². The van der Waals surface area contributed by atoms with Crippen molar-refractivity contribution in [3.05, 3.63) is 95.8 Å². The molecule has 6 aromatic rings. The number of fused-ring (bicyclic) bond motifs is 10. The molecule has 1 saturated carbocycles. The number of aromatic nitrogens is 2. The molecule has 2 unspecified atom stereocenters. The number of hydrogen-bond acceptors (Lipinski definition) is 1. The topological polar surface area (TPSA) is 65.4 Å². The van der Waals surface area contributed by atoms with Gasteiger partial charge >= 0.3 is 0 Å². The second-order valence-corrected chi connectivity index (χ2v) is 9.82. The van der Waals surface area contributed by atoms with E-state index in [0.29, 0.717) is 11.8 Å². The Balaban J connectivity index is 0.000000547. The van der Waals surface area contributed by atoms with Crippen LogP contribution in [0.4, 0.5) is 0 Å². The molecule has 0 bridgehead atoms. The summed E-state index contributed by atoms with van der Waals surface area (Å²) < 4.78 is 8.96. The number of nitrogens with one attached hydrogen (secondary N) is 1. The highest BCUT2D eigenvalue weighted by Gasteiger charge is 2.43. The Morgan fingerprint density at radius 1 is 0.905 bits per heavy atom. The molecule has 4 heteroatoms. The van der Waals surface area contributed by atoms with Crippen LogP contribution in [0.2, 0.25) is 0 Å². The first-order chi connectivity index (χ1) is 20.3. The molecule has 3 aromatic heterocycles. The normalized spacial score (nSPS) is 16.1. The van der Waals surface area contributed by atoms with E-state index < -0.39 is 0 Å². The molecule has 2 aliphatic carbocycles. The molecular weight excluding hydrogens is 516 g/mol. The van der Waals surface area contributed by atoms with Crippen LogP contribution in [-0.4, -0.2) is 15.0 Å². The van der Waals surface area contributed by atoms with Crippen molar-refractivity contribution in [1.29, 1.82) is 0 Å². The lowest BCUT2D eigenvalue weighted by Crippen LogP contribution is -2.03. The molecule has 2 atom stereocenters. The highest BCUT2D eigenvalue weighted by atomic mass is 16.3. The lowest BCUT2D eigenvalue weighted by atomic mass is 10.0. The van der Waals surface area contributed by atoms with Crippen molar-refractivity contribution in [3.8, 4) is 5.69 Å². The lowest BCUT2D eigenvalue weighted by molar-refractivity contribution is 0.673. The van der Waals surface area contributed by atoms with E-state index in [1.165, 1.54) is 40.0 Å². The summed E-state index contributed by atoms with van der Waals surface area (Å²) in [6.07, 6.45) is 12.3. The van der Waals surface area contributed by atoms with Crippen molar-refractivity contribution in [2.24, 2.45) is 5.92 Å². The number of rotatable bonds is 3. The van der Waals surface area contributed by atoms with E-state index in [9.17, 15) is 0 Å². The maximum Gasteiger partial charge on any atom is 0.145 e. The molecule has 0 radical (unpaired) electrons. The molecule has 3 heterocycles. The van der Waals surface area contributed by atoms with E-state index in [1.807, 2.05) is 47.6 Å². The molecule has 0 aliphatic heterocycles. The zero-order valence-corrected chi connectivity index (χ0v) is 26.0. The van der Waals surface area contributed by atoms with Crippen LogP contribution in [0, 0.1) is 5.92 Å². The van der Waals surface area contributed by atoms with Gasteiger partial charge in [0, 0.05) is 50.1 Å². The number of hydrogen-bond donors (Lipinski definition) is 1. The van der Waals surface area contributed by atoms with Crippen LogP contribution in [0.5, 0.6) is 0 Å². The Morgan fingerprint density at radius 3 is 2.40 bits per heavy atom. The number of aromatic amines is 1. The average molecular weight is 561 g/mol. The van der Waals surface area contributed by atoms with Crippen molar-refractivity contribution >= 4 is 62.0 Å². The maximum atomic E-state index is 6.50. The van der Waals surface area contributed by atoms with E-state index in [-0.39, 0.29) is 5.48 Å². The van der Waals surface area contributed by atoms with Gasteiger partial charge in [0.15, 0.2) is 0 Å². The fraction of sp³-hybridized carbons (Fsp3) is 0.263. The minimum atomic E-state index is 0. The van der Waals surface area contributed by atoms with Gasteiger partial charge in [0.1, 0.15) is 11.2 Å². The van der Waals surface area contributed by atoms with Crippen LogP contribution in [0.25, 0.3) is 67.7 Å². The Kier molecular flexibility index (Phi) is 9.28. The third-order valence-electron chi connectivity index (χ3n) is 7.90. The van der Waals surface area contributed by atoms with Gasteiger partial charge in [-0.2, -0.15) is 0 Å². The monoisotopic (exact) mass is 560 g/mol. The Bertz CT molecular complexity index is 1930. The minimum absolute atomic E-state index is 0. The molecule has 2 aliphatic rings. The second kappa shape index (κ2) is 12.7. The SMILES string of the molecule is C=Cc1c2c(n(-c3ccc4oc5c(ccc6[nH]c7ccccc7c65)c4c3)c1/C=C\C)C1CC1C=C2.CC.CC.CC.O. The van der Waals surface area contributed by atoms with Gasteiger partial charge < -0.3 is 19.4 Å². The quantitative estimate of drug-likeness (QED) is 0.230. The maximum absolute atomic E-state index is 6.50. The van der Waals surface area contributed by atoms with Gasteiger partial charge in [-0.15, -0.1) is 0 Å². The zero-order valence-electron chi connectivity index (χ0n) is 26.0. The number of nitrogens with zero attached hydrogens (tertiary/aromatic N) is 1. The van der Waals surface area contributed by atoms with E-state index in [1.54, 1.807) is 0 Å². The van der Waals surface area contributed by atoms with E-state index in [0.717, 1.165) is 38.4 Å². The fourth-order valence-electron chi connectivity index (χ4n) is 6.26. The largest absolute Gasteiger partial charge is 0.455 e. The number of furan rings is 1. The first-order valence-corrected chi connectivity index (χ1v) is 15.3. The summed E-state index contributed by atoms with van der Waals surface area (Å²) in [6, 6.07) is 19.4. The number of H-pyrrole nitrogens is 1. The van der Waals surface area contributed by atoms with Gasteiger partial charge in [0.2, 0.25) is 0 Å². The van der Waals surface area contributed by atoms with Crippen molar-refractivity contribution in [2.75, 3.05) is 0 Å². The smallest absolute Gasteiger partial charge is 0.145 e. The Morgan fingerprint density at radius 2 is 1.67 bits per heavy atom. The highest BCUT2D eigenvalue weighted by molar-refractivity contribution is 6.23. The summed E-state index contributed by atoms with van der Waals surface area (Å²) in [5.41, 5.74) is 10.5. The van der Waals surface area contributed by atoms with Gasteiger partial charge in [0.05, 0.1) is 16.6 Å². The van der Waals surface area contributed by atoms with Gasteiger partial charge in [-0.1, -0.05) is 90.6 Å². The number of allylic oxidation sites excluding steroid dienone is 2. The molecule has 218 valence electrons. The van der Waals surface area contributed by atoms with E-state index >= 15 is 0 Å². The standard InChI is InChI=1S/C32H24N2O.3C2H6.H2O/c1-3-7-28-20(4-2)21-12-10-18-16-24(18)31(21)34(28)19-11-15-29-25(17-19)22-13-14-27-30(32(22)35-29)23-8-5-6-9-26(23)33-27;3*1-2;/h3-15,17-18,24,33H,2,16H2,1H3;3*1-2H3;1H2/b7-3-;;;;. The van der Waals surface area contributed by atoms with Crippen LogP contribution in [-0.2, 0) is 0 Å². The second-order valence-electron chi connectivity index (χ2n) is 9.82. The summed E-state index contributed by atoms with van der Waals surface area (Å²) in [4.78, 5) is 3.54. The molecule has 0 saturated heterocycles. The average Bonchev–Trinajstić information content (AvgIpc) is 3.44. The van der Waals surface area contributed by atoms with Crippen molar-refractivity contribution in [3.63, 3.8) is 0 Å². The zero-order chi connectivity index (χ0) is 29.3. The lowest BCUT2D eigenvalue weighted by Gasteiger charge is -2.14. The van der Waals surface area contributed by atoms with E-state index in [4.69, 9.17) is 4.42 Å². The molecule has 0 spiro atoms. The van der Waals surface area contributed by atoms with Gasteiger partial charge in [-0.3, -0.25) is 0 Å². The summed E-state index contributed by atoms with van der Waals surface area (Å²) in [5.74, 6) is 1.26. The first kappa shape index (κ1) is 30.7. The number of para-hydroxylation sites is 1. The molecule has 42 heavy (non-hydrogen) atoms. The van der Waals surface area contributed by atoms with Crippen LogP contribution in [0.3, 0.4) is 0 Å². The molecule has 1 fully saturated rings. The van der Waals surface area contributed by atoms with Crippen LogP contribution < -0.4 is 0 Å². The fourth-order valence-corrected chi connectivity index (χ4v) is 6.26. The predicted molar refractivity (Wildman–Crippen MR) is 185 cm³/mol. The molecule has 4 nitrogen and oxygen atoms in total. The van der Waals surface area contributed by atoms with Crippen LogP contribution in [0.1, 0.15) is 83.3 Å². The summed E-state index contributed by atoms with van der Waals surface area (Å²) in [7, 11) is 0. The predicted octanol–water partition coefficient (Wildman–Crippen LogP) is 11.1. The molecule has 8 rings (SSSR count). The van der Waals surface area contributed by atoms with Gasteiger partial charge in [0.25, 0.3) is 0 Å². The van der Waals surface area contributed by atoms with Gasteiger partial charge in [-0.05, 0) is 61.7 Å². The highest BCUT2D eigenvalue weighted by Crippen LogP contribution is 2.55.